The average Bonchev–Trinajstić information content (AvgIpc) is 2.95. The number of hydrogen-bond acceptors (Lipinski definition) is 4. The van der Waals surface area contributed by atoms with E-state index in [4.69, 9.17) is 4.42 Å². The highest BCUT2D eigenvalue weighted by Crippen LogP contribution is 2.11. The molecule has 4 heteroatoms. The third-order valence-electron chi connectivity index (χ3n) is 3.58. The minimum absolute atomic E-state index is 0.927. The van der Waals surface area contributed by atoms with Crippen molar-refractivity contribution in [3.05, 3.63) is 54.2 Å². The molecule has 0 saturated carbocycles. The Kier molecular flexibility index (Phi) is 3.91. The number of rotatable bonds is 4. The summed E-state index contributed by atoms with van der Waals surface area (Å²) in [6.45, 7) is 6.39. The van der Waals surface area contributed by atoms with E-state index in [1.54, 1.807) is 6.26 Å². The van der Waals surface area contributed by atoms with E-state index < -0.39 is 0 Å². The van der Waals surface area contributed by atoms with Crippen molar-refractivity contribution in [3.63, 3.8) is 0 Å². The number of furan rings is 1. The van der Waals surface area contributed by atoms with Crippen molar-refractivity contribution >= 4 is 0 Å². The fourth-order valence-electron chi connectivity index (χ4n) is 2.47. The normalized spacial score (nSPS) is 17.7. The molecule has 0 radical (unpaired) electrons. The molecule has 1 aliphatic rings. The maximum Gasteiger partial charge on any atom is 0.117 e. The summed E-state index contributed by atoms with van der Waals surface area (Å²) in [6, 6.07) is 8.18. The average molecular weight is 257 g/mol. The first kappa shape index (κ1) is 12.4. The van der Waals surface area contributed by atoms with Gasteiger partial charge in [0.25, 0.3) is 0 Å². The summed E-state index contributed by atoms with van der Waals surface area (Å²) in [6.07, 6.45) is 5.47. The zero-order chi connectivity index (χ0) is 12.9. The van der Waals surface area contributed by atoms with Crippen LogP contribution in [-0.4, -0.2) is 41.0 Å². The Morgan fingerprint density at radius 1 is 0.947 bits per heavy atom. The molecule has 100 valence electrons. The van der Waals surface area contributed by atoms with Crippen molar-refractivity contribution in [2.75, 3.05) is 26.2 Å². The summed E-state index contributed by atoms with van der Waals surface area (Å²) in [5.41, 5.74) is 1.34. The second-order valence-corrected chi connectivity index (χ2v) is 4.99. The van der Waals surface area contributed by atoms with Gasteiger partial charge in [0.2, 0.25) is 0 Å². The van der Waals surface area contributed by atoms with Crippen LogP contribution in [0.1, 0.15) is 11.3 Å². The van der Waals surface area contributed by atoms with Crippen LogP contribution in [0.15, 0.2) is 47.3 Å². The van der Waals surface area contributed by atoms with Crippen LogP contribution >= 0.6 is 0 Å². The van der Waals surface area contributed by atoms with Crippen LogP contribution in [0.4, 0.5) is 0 Å². The SMILES string of the molecule is c1coc(CN2CCN(Cc3ccncc3)CC2)c1. The first-order valence-corrected chi connectivity index (χ1v) is 6.76. The molecule has 19 heavy (non-hydrogen) atoms. The largest absolute Gasteiger partial charge is 0.468 e. The van der Waals surface area contributed by atoms with Crippen LogP contribution < -0.4 is 0 Å². The van der Waals surface area contributed by atoms with Gasteiger partial charge in [-0.05, 0) is 29.8 Å². The quantitative estimate of drug-likeness (QED) is 0.838. The first-order chi connectivity index (χ1) is 9.40. The van der Waals surface area contributed by atoms with Gasteiger partial charge in [-0.1, -0.05) is 0 Å². The minimum Gasteiger partial charge on any atom is -0.468 e. The Morgan fingerprint density at radius 2 is 1.63 bits per heavy atom. The van der Waals surface area contributed by atoms with Crippen molar-refractivity contribution in [3.8, 4) is 0 Å². The summed E-state index contributed by atoms with van der Waals surface area (Å²) >= 11 is 0. The first-order valence-electron chi connectivity index (χ1n) is 6.76. The predicted molar refractivity (Wildman–Crippen MR) is 73.5 cm³/mol. The summed E-state index contributed by atoms with van der Waals surface area (Å²) < 4.78 is 5.40. The number of hydrogen-bond donors (Lipinski definition) is 0. The molecule has 0 unspecified atom stereocenters. The second kappa shape index (κ2) is 5.99. The van der Waals surface area contributed by atoms with Crippen LogP contribution in [0.2, 0.25) is 0 Å². The number of aromatic nitrogens is 1. The van der Waals surface area contributed by atoms with Gasteiger partial charge >= 0.3 is 0 Å². The molecule has 3 rings (SSSR count). The van der Waals surface area contributed by atoms with Crippen molar-refractivity contribution in [2.45, 2.75) is 13.1 Å². The van der Waals surface area contributed by atoms with E-state index in [1.807, 2.05) is 24.5 Å². The molecular weight excluding hydrogens is 238 g/mol. The molecular formula is C15H19N3O. The van der Waals surface area contributed by atoms with Gasteiger partial charge in [-0.3, -0.25) is 14.8 Å². The van der Waals surface area contributed by atoms with Crippen LogP contribution in [-0.2, 0) is 13.1 Å². The fraction of sp³-hybridized carbons (Fsp3) is 0.400. The lowest BCUT2D eigenvalue weighted by Crippen LogP contribution is -2.45. The van der Waals surface area contributed by atoms with E-state index in [1.165, 1.54) is 5.56 Å². The van der Waals surface area contributed by atoms with Gasteiger partial charge < -0.3 is 4.42 Å². The summed E-state index contributed by atoms with van der Waals surface area (Å²) in [4.78, 5) is 9.00. The van der Waals surface area contributed by atoms with Gasteiger partial charge in [0, 0.05) is 45.1 Å². The topological polar surface area (TPSA) is 32.5 Å². The molecule has 2 aromatic rings. The zero-order valence-corrected chi connectivity index (χ0v) is 11.0. The summed E-state index contributed by atoms with van der Waals surface area (Å²) in [5.74, 6) is 1.06. The second-order valence-electron chi connectivity index (χ2n) is 4.99. The molecule has 0 aromatic carbocycles. The van der Waals surface area contributed by atoms with E-state index in [0.717, 1.165) is 45.0 Å². The highest BCUT2D eigenvalue weighted by molar-refractivity contribution is 5.09. The monoisotopic (exact) mass is 257 g/mol. The van der Waals surface area contributed by atoms with Crippen LogP contribution in [0, 0.1) is 0 Å². The Hall–Kier alpha value is -1.65. The molecule has 4 nitrogen and oxygen atoms in total. The van der Waals surface area contributed by atoms with Gasteiger partial charge in [-0.25, -0.2) is 0 Å². The molecule has 1 saturated heterocycles. The van der Waals surface area contributed by atoms with Gasteiger partial charge in [0.05, 0.1) is 12.8 Å². The molecule has 0 spiro atoms. The number of pyridine rings is 1. The van der Waals surface area contributed by atoms with Gasteiger partial charge in [0.1, 0.15) is 5.76 Å². The Labute approximate surface area is 113 Å². The third kappa shape index (κ3) is 3.43. The molecule has 0 amide bonds. The van der Waals surface area contributed by atoms with Crippen molar-refractivity contribution in [2.24, 2.45) is 0 Å². The zero-order valence-electron chi connectivity index (χ0n) is 11.0. The highest BCUT2D eigenvalue weighted by Gasteiger charge is 2.17. The molecule has 3 heterocycles. The van der Waals surface area contributed by atoms with Crippen molar-refractivity contribution in [1.82, 2.24) is 14.8 Å². The minimum atomic E-state index is 0.927. The van der Waals surface area contributed by atoms with Crippen molar-refractivity contribution < 1.29 is 4.42 Å². The van der Waals surface area contributed by atoms with E-state index in [0.29, 0.717) is 0 Å². The predicted octanol–water partition coefficient (Wildman–Crippen LogP) is 1.99. The Morgan fingerprint density at radius 3 is 2.26 bits per heavy atom. The van der Waals surface area contributed by atoms with Gasteiger partial charge in [0.15, 0.2) is 0 Å². The van der Waals surface area contributed by atoms with Crippen LogP contribution in [0.3, 0.4) is 0 Å². The Bertz CT molecular complexity index is 475. The molecule has 0 N–H and O–H groups in total. The summed E-state index contributed by atoms with van der Waals surface area (Å²) in [7, 11) is 0. The molecule has 2 aromatic heterocycles. The molecule has 1 fully saturated rings. The highest BCUT2D eigenvalue weighted by atomic mass is 16.3. The smallest absolute Gasteiger partial charge is 0.117 e. The molecule has 0 atom stereocenters. The van der Waals surface area contributed by atoms with E-state index >= 15 is 0 Å². The molecule has 1 aliphatic heterocycles. The lowest BCUT2D eigenvalue weighted by molar-refractivity contribution is 0.116. The van der Waals surface area contributed by atoms with Gasteiger partial charge in [-0.15, -0.1) is 0 Å². The maximum absolute atomic E-state index is 5.40. The maximum atomic E-state index is 5.40. The number of piperazine rings is 1. The van der Waals surface area contributed by atoms with E-state index in [2.05, 4.69) is 26.9 Å². The van der Waals surface area contributed by atoms with Crippen LogP contribution in [0.25, 0.3) is 0 Å². The lowest BCUT2D eigenvalue weighted by atomic mass is 10.2. The lowest BCUT2D eigenvalue weighted by Gasteiger charge is -2.34. The van der Waals surface area contributed by atoms with Crippen molar-refractivity contribution in [1.29, 1.82) is 0 Å². The standard InChI is InChI=1S/C15H19N3O/c1-2-15(19-11-1)13-18-9-7-17(8-10-18)12-14-3-5-16-6-4-14/h1-6,11H,7-10,12-13H2. The third-order valence-corrected chi connectivity index (χ3v) is 3.58. The molecule has 0 bridgehead atoms. The van der Waals surface area contributed by atoms with Crippen LogP contribution in [0.5, 0.6) is 0 Å². The number of nitrogens with zero attached hydrogens (tertiary/aromatic N) is 3. The van der Waals surface area contributed by atoms with E-state index in [9.17, 15) is 0 Å². The fourth-order valence-corrected chi connectivity index (χ4v) is 2.47. The van der Waals surface area contributed by atoms with Gasteiger partial charge in [-0.2, -0.15) is 0 Å². The molecule has 0 aliphatic carbocycles. The summed E-state index contributed by atoms with van der Waals surface area (Å²) in [5, 5.41) is 0. The Balaban J connectivity index is 1.47. The van der Waals surface area contributed by atoms with E-state index in [-0.39, 0.29) is 0 Å².